The molecule has 11 heteroatoms. The van der Waals surface area contributed by atoms with Gasteiger partial charge in [0.15, 0.2) is 0 Å². The van der Waals surface area contributed by atoms with E-state index in [0.29, 0.717) is 41.9 Å². The molecule has 0 unspecified atom stereocenters. The summed E-state index contributed by atoms with van der Waals surface area (Å²) in [5.41, 5.74) is 1.10. The number of carbonyl (C=O) groups excluding carboxylic acids is 1. The molecule has 1 aliphatic rings. The number of amides is 1. The summed E-state index contributed by atoms with van der Waals surface area (Å²) < 4.78 is 60.3. The summed E-state index contributed by atoms with van der Waals surface area (Å²) in [6.07, 6.45) is -3.36. The minimum atomic E-state index is -4.80. The van der Waals surface area contributed by atoms with Gasteiger partial charge < -0.3 is 19.1 Å². The van der Waals surface area contributed by atoms with Gasteiger partial charge in [-0.05, 0) is 43.2 Å². The second-order valence-electron chi connectivity index (χ2n) is 8.04. The van der Waals surface area contributed by atoms with E-state index in [9.17, 15) is 22.4 Å². The smallest absolute Gasteiger partial charge is 0.406 e. The zero-order valence-corrected chi connectivity index (χ0v) is 17.6. The number of fused-ring (bicyclic) bond motifs is 1. The molecule has 1 amide bonds. The first-order chi connectivity index (χ1) is 16.2. The van der Waals surface area contributed by atoms with E-state index in [1.807, 2.05) is 0 Å². The Bertz CT molecular complexity index is 1350. The quantitative estimate of drug-likeness (QED) is 0.407. The fraction of sp³-hybridized carbons (Fsp3) is 0.261. The zero-order valence-electron chi connectivity index (χ0n) is 17.6. The number of aromatic amines is 1. The number of piperidine rings is 1. The van der Waals surface area contributed by atoms with Gasteiger partial charge in [-0.25, -0.2) is 4.39 Å². The van der Waals surface area contributed by atoms with Crippen LogP contribution in [0, 0.1) is 5.82 Å². The van der Waals surface area contributed by atoms with Gasteiger partial charge in [-0.3, -0.25) is 4.79 Å². The Hall–Kier alpha value is -3.89. The third-order valence-electron chi connectivity index (χ3n) is 5.64. The van der Waals surface area contributed by atoms with E-state index < -0.39 is 12.2 Å². The van der Waals surface area contributed by atoms with Crippen molar-refractivity contribution < 1.29 is 31.6 Å². The van der Waals surface area contributed by atoms with Crippen LogP contribution in [0.4, 0.5) is 17.6 Å². The molecule has 3 heterocycles. The van der Waals surface area contributed by atoms with Crippen LogP contribution in [0.5, 0.6) is 5.75 Å². The minimum absolute atomic E-state index is 0.191. The van der Waals surface area contributed by atoms with Crippen LogP contribution >= 0.6 is 0 Å². The van der Waals surface area contributed by atoms with Crippen molar-refractivity contribution in [3.8, 4) is 17.1 Å². The Morgan fingerprint density at radius 1 is 1.18 bits per heavy atom. The predicted octanol–water partition coefficient (Wildman–Crippen LogP) is 5.28. The summed E-state index contributed by atoms with van der Waals surface area (Å²) in [4.78, 5) is 22.0. The second kappa shape index (κ2) is 8.47. The average molecular weight is 474 g/mol. The Morgan fingerprint density at radius 2 is 2.03 bits per heavy atom. The van der Waals surface area contributed by atoms with Crippen LogP contribution in [0.3, 0.4) is 0 Å². The van der Waals surface area contributed by atoms with E-state index in [1.165, 1.54) is 30.3 Å². The number of aromatic nitrogens is 3. The molecule has 1 saturated heterocycles. The molecule has 7 nitrogen and oxygen atoms in total. The number of carbonyl (C=O) groups is 1. The monoisotopic (exact) mass is 474 g/mol. The van der Waals surface area contributed by atoms with E-state index in [1.54, 1.807) is 23.1 Å². The van der Waals surface area contributed by atoms with Gasteiger partial charge in [0, 0.05) is 35.6 Å². The van der Waals surface area contributed by atoms with Gasteiger partial charge in [-0.2, -0.15) is 4.98 Å². The molecule has 0 aliphatic carbocycles. The Kier molecular flexibility index (Phi) is 5.46. The number of nitrogens with zero attached hydrogens (tertiary/aromatic N) is 3. The van der Waals surface area contributed by atoms with Crippen molar-refractivity contribution in [2.75, 3.05) is 13.1 Å². The number of ether oxygens (including phenoxy) is 1. The van der Waals surface area contributed by atoms with Gasteiger partial charge >= 0.3 is 6.36 Å². The SMILES string of the molecule is O=C(c1cc2ccc(OC(F)(F)F)cc2[nH]1)N1CCC[C@H](c2nc(-c3cccc(F)c3)no2)C1. The standard InChI is InChI=1S/C23H18F4N4O3/c24-16-5-1-3-14(9-16)20-29-21(34-30-20)15-4-2-8-31(12-15)22(32)19-10-13-6-7-17(11-18(13)28-19)33-23(25,26)27/h1,3,5-7,9-11,15,28H,2,4,8,12H2/t15-/m0/s1. The normalized spacial score (nSPS) is 16.7. The number of halogens is 4. The number of hydrogen-bond donors (Lipinski definition) is 1. The Morgan fingerprint density at radius 3 is 2.82 bits per heavy atom. The highest BCUT2D eigenvalue weighted by atomic mass is 19.4. The van der Waals surface area contributed by atoms with Crippen LogP contribution in [0.25, 0.3) is 22.3 Å². The maximum atomic E-state index is 13.5. The molecule has 1 fully saturated rings. The number of likely N-dealkylation sites (tertiary alicyclic amines) is 1. The molecule has 176 valence electrons. The van der Waals surface area contributed by atoms with Gasteiger partial charge in [0.25, 0.3) is 5.91 Å². The first kappa shape index (κ1) is 21.9. The highest BCUT2D eigenvalue weighted by molar-refractivity contribution is 5.98. The highest BCUT2D eigenvalue weighted by Gasteiger charge is 2.32. The molecule has 2 aromatic heterocycles. The average Bonchev–Trinajstić information content (AvgIpc) is 3.45. The van der Waals surface area contributed by atoms with Crippen molar-refractivity contribution in [1.29, 1.82) is 0 Å². The third kappa shape index (κ3) is 4.59. The van der Waals surface area contributed by atoms with Crippen LogP contribution in [0.1, 0.15) is 35.1 Å². The van der Waals surface area contributed by atoms with E-state index >= 15 is 0 Å². The topological polar surface area (TPSA) is 84.3 Å². The van der Waals surface area contributed by atoms with Crippen LogP contribution in [-0.2, 0) is 0 Å². The Labute approximate surface area is 190 Å². The fourth-order valence-electron chi connectivity index (χ4n) is 4.10. The molecule has 1 N–H and O–H groups in total. The summed E-state index contributed by atoms with van der Waals surface area (Å²) >= 11 is 0. The number of H-pyrrole nitrogens is 1. The van der Waals surface area contributed by atoms with E-state index in [4.69, 9.17) is 4.52 Å². The van der Waals surface area contributed by atoms with E-state index in [2.05, 4.69) is 19.9 Å². The Balaban J connectivity index is 1.32. The summed E-state index contributed by atoms with van der Waals surface area (Å²) in [6, 6.07) is 11.3. The highest BCUT2D eigenvalue weighted by Crippen LogP contribution is 2.30. The van der Waals surface area contributed by atoms with Gasteiger partial charge in [-0.1, -0.05) is 17.3 Å². The molecule has 1 atom stereocenters. The molecular formula is C23H18F4N4O3. The van der Waals surface area contributed by atoms with Gasteiger partial charge in [0.1, 0.15) is 17.3 Å². The van der Waals surface area contributed by atoms with Crippen molar-refractivity contribution in [2.24, 2.45) is 0 Å². The number of nitrogens with one attached hydrogen (secondary N) is 1. The maximum Gasteiger partial charge on any atom is 0.573 e. The molecule has 0 bridgehead atoms. The lowest BCUT2D eigenvalue weighted by molar-refractivity contribution is -0.274. The van der Waals surface area contributed by atoms with Gasteiger partial charge in [0.2, 0.25) is 11.7 Å². The second-order valence-corrected chi connectivity index (χ2v) is 8.04. The van der Waals surface area contributed by atoms with Gasteiger partial charge in [0.05, 0.1) is 5.92 Å². The van der Waals surface area contributed by atoms with Crippen molar-refractivity contribution >= 4 is 16.8 Å². The summed E-state index contributed by atoms with van der Waals surface area (Å²) in [7, 11) is 0. The summed E-state index contributed by atoms with van der Waals surface area (Å²) in [5.74, 6) is -0.626. The number of benzene rings is 2. The lowest BCUT2D eigenvalue weighted by Crippen LogP contribution is -2.39. The molecule has 0 radical (unpaired) electrons. The lowest BCUT2D eigenvalue weighted by atomic mass is 9.97. The van der Waals surface area contributed by atoms with Crippen molar-refractivity contribution in [2.45, 2.75) is 25.1 Å². The van der Waals surface area contributed by atoms with Crippen LogP contribution < -0.4 is 4.74 Å². The molecular weight excluding hydrogens is 456 g/mol. The number of hydrogen-bond acceptors (Lipinski definition) is 5. The van der Waals surface area contributed by atoms with Crippen molar-refractivity contribution in [3.05, 3.63) is 65.9 Å². The van der Waals surface area contributed by atoms with E-state index in [-0.39, 0.29) is 29.1 Å². The molecule has 0 saturated carbocycles. The molecule has 2 aromatic carbocycles. The van der Waals surface area contributed by atoms with Crippen molar-refractivity contribution in [1.82, 2.24) is 20.0 Å². The third-order valence-corrected chi connectivity index (χ3v) is 5.64. The minimum Gasteiger partial charge on any atom is -0.406 e. The largest absolute Gasteiger partial charge is 0.573 e. The van der Waals surface area contributed by atoms with Crippen LogP contribution in [0.15, 0.2) is 53.1 Å². The number of rotatable bonds is 4. The fourth-order valence-corrected chi connectivity index (χ4v) is 4.10. The summed E-state index contributed by atoms with van der Waals surface area (Å²) in [6.45, 7) is 0.847. The van der Waals surface area contributed by atoms with Crippen LogP contribution in [0.2, 0.25) is 0 Å². The van der Waals surface area contributed by atoms with Crippen LogP contribution in [-0.4, -0.2) is 45.4 Å². The molecule has 34 heavy (non-hydrogen) atoms. The molecule has 4 aromatic rings. The lowest BCUT2D eigenvalue weighted by Gasteiger charge is -2.30. The zero-order chi connectivity index (χ0) is 23.9. The van der Waals surface area contributed by atoms with Crippen molar-refractivity contribution in [3.63, 3.8) is 0 Å². The molecule has 0 spiro atoms. The number of alkyl halides is 3. The predicted molar refractivity (Wildman–Crippen MR) is 113 cm³/mol. The maximum absolute atomic E-state index is 13.5. The summed E-state index contributed by atoms with van der Waals surface area (Å²) in [5, 5.41) is 4.53. The molecule has 5 rings (SSSR count). The first-order valence-corrected chi connectivity index (χ1v) is 10.5. The van der Waals surface area contributed by atoms with E-state index in [0.717, 1.165) is 6.42 Å². The van der Waals surface area contributed by atoms with Gasteiger partial charge in [-0.15, -0.1) is 13.2 Å². The molecule has 1 aliphatic heterocycles. The first-order valence-electron chi connectivity index (χ1n) is 10.5.